The van der Waals surface area contributed by atoms with Gasteiger partial charge in [0.2, 0.25) is 11.9 Å². The van der Waals surface area contributed by atoms with Crippen molar-refractivity contribution in [3.8, 4) is 11.8 Å². The van der Waals surface area contributed by atoms with E-state index in [2.05, 4.69) is 30.9 Å². The van der Waals surface area contributed by atoms with Crippen LogP contribution in [0.25, 0.3) is 0 Å². The smallest absolute Gasteiger partial charge is 0.422 e. The van der Waals surface area contributed by atoms with E-state index in [9.17, 15) is 22.8 Å². The van der Waals surface area contributed by atoms with Gasteiger partial charge in [-0.1, -0.05) is 12.1 Å². The summed E-state index contributed by atoms with van der Waals surface area (Å²) in [7, 11) is 0. The number of benzene rings is 2. The Bertz CT molecular complexity index is 1470. The second kappa shape index (κ2) is 13.9. The lowest BCUT2D eigenvalue weighted by Crippen LogP contribution is -2.36. The molecule has 45 heavy (non-hydrogen) atoms. The van der Waals surface area contributed by atoms with E-state index in [1.54, 1.807) is 36.1 Å². The second-order valence-corrected chi connectivity index (χ2v) is 10.6. The molecular weight excluding hydrogens is 595 g/mol. The number of halogens is 3. The van der Waals surface area contributed by atoms with Crippen molar-refractivity contribution in [2.75, 3.05) is 50.1 Å². The maximum Gasteiger partial charge on any atom is 0.422 e. The molecule has 5 aliphatic rings. The van der Waals surface area contributed by atoms with E-state index in [1.807, 2.05) is 24.3 Å². The van der Waals surface area contributed by atoms with Crippen molar-refractivity contribution in [1.29, 1.82) is 0 Å². The first-order valence-corrected chi connectivity index (χ1v) is 14.7. The number of ether oxygens (including phenoxy) is 3. The van der Waals surface area contributed by atoms with Gasteiger partial charge in [-0.3, -0.25) is 4.79 Å². The van der Waals surface area contributed by atoms with E-state index in [1.165, 1.54) is 0 Å². The highest BCUT2D eigenvalue weighted by Crippen LogP contribution is 2.48. The molecule has 3 aromatic rings. The molecule has 2 aromatic carbocycles. The van der Waals surface area contributed by atoms with Crippen molar-refractivity contribution >= 4 is 29.6 Å². The maximum atomic E-state index is 12.9. The third-order valence-electron chi connectivity index (χ3n) is 7.15. The van der Waals surface area contributed by atoms with E-state index in [0.29, 0.717) is 56.1 Å². The van der Waals surface area contributed by atoms with E-state index in [-0.39, 0.29) is 24.4 Å². The van der Waals surface area contributed by atoms with Crippen LogP contribution in [0.1, 0.15) is 48.5 Å². The highest BCUT2D eigenvalue weighted by molar-refractivity contribution is 5.94. The monoisotopic (exact) mass is 629 g/mol. The molecular formula is C30H34F3N7O5. The molecule has 6 bridgehead atoms. The van der Waals surface area contributed by atoms with Crippen LogP contribution < -0.4 is 25.4 Å². The fourth-order valence-electron chi connectivity index (χ4n) is 4.74. The van der Waals surface area contributed by atoms with Crippen LogP contribution in [-0.2, 0) is 10.3 Å². The number of carbonyl (C=O) groups is 2. The molecule has 4 aliphatic heterocycles. The molecule has 1 saturated carbocycles. The Kier molecular flexibility index (Phi) is 9.74. The zero-order valence-corrected chi connectivity index (χ0v) is 24.7. The number of hydrogen-bond acceptors (Lipinski definition) is 10. The Hall–Kier alpha value is -4.82. The quantitative estimate of drug-likeness (QED) is 0.362. The van der Waals surface area contributed by atoms with Crippen molar-refractivity contribution in [3.05, 3.63) is 59.7 Å². The van der Waals surface area contributed by atoms with Crippen LogP contribution in [0.4, 0.5) is 35.5 Å². The van der Waals surface area contributed by atoms with E-state index < -0.39 is 30.4 Å². The number of aromatic nitrogens is 3. The fourth-order valence-corrected chi connectivity index (χ4v) is 4.74. The SMILES string of the molecule is CCOC(=O)N1CCCNC(=O)c2ccc(cc2)Nc2nc(nc(OCC(F)(F)F)n2)NC2(CC2)c2ccc(cc2)OCCC1. The van der Waals surface area contributed by atoms with Gasteiger partial charge in [0.05, 0.1) is 18.8 Å². The van der Waals surface area contributed by atoms with Crippen LogP contribution in [0.3, 0.4) is 0 Å². The molecule has 1 spiro atoms. The molecule has 0 atom stereocenters. The number of alkyl halides is 3. The first-order chi connectivity index (χ1) is 21.6. The van der Waals surface area contributed by atoms with Gasteiger partial charge in [0.1, 0.15) is 5.75 Å². The third kappa shape index (κ3) is 8.86. The van der Waals surface area contributed by atoms with Crippen molar-refractivity contribution in [3.63, 3.8) is 0 Å². The number of rotatable bonds is 3. The highest BCUT2D eigenvalue weighted by Gasteiger charge is 2.45. The summed E-state index contributed by atoms with van der Waals surface area (Å²) in [4.78, 5) is 39.2. The van der Waals surface area contributed by atoms with Gasteiger partial charge >= 0.3 is 18.3 Å². The molecule has 12 nitrogen and oxygen atoms in total. The van der Waals surface area contributed by atoms with E-state index in [0.717, 1.165) is 18.4 Å². The predicted octanol–water partition coefficient (Wildman–Crippen LogP) is 5.02. The van der Waals surface area contributed by atoms with Gasteiger partial charge in [-0.25, -0.2) is 4.79 Å². The molecule has 5 heterocycles. The Labute approximate surface area is 257 Å². The number of nitrogens with zero attached hydrogens (tertiary/aromatic N) is 4. The van der Waals surface area contributed by atoms with Crippen molar-refractivity contribution < 1.29 is 37.0 Å². The zero-order valence-electron chi connectivity index (χ0n) is 24.7. The van der Waals surface area contributed by atoms with Crippen LogP contribution in [0.15, 0.2) is 48.5 Å². The molecule has 0 radical (unpaired) electrons. The summed E-state index contributed by atoms with van der Waals surface area (Å²) in [5, 5.41) is 9.04. The number of anilines is 3. The summed E-state index contributed by atoms with van der Waals surface area (Å²) < 4.78 is 54.6. The molecule has 1 fully saturated rings. The van der Waals surface area contributed by atoms with Crippen molar-refractivity contribution in [1.82, 2.24) is 25.2 Å². The topological polar surface area (TPSA) is 140 Å². The number of nitrogens with one attached hydrogen (secondary N) is 3. The van der Waals surface area contributed by atoms with Gasteiger partial charge in [-0.15, -0.1) is 0 Å². The molecule has 15 heteroatoms. The number of amides is 2. The summed E-state index contributed by atoms with van der Waals surface area (Å²) in [5.74, 6) is 0.345. The highest BCUT2D eigenvalue weighted by atomic mass is 19.4. The van der Waals surface area contributed by atoms with Gasteiger partial charge < -0.3 is 35.1 Å². The van der Waals surface area contributed by atoms with Gasteiger partial charge in [-0.05, 0) is 74.6 Å². The minimum atomic E-state index is -4.58. The third-order valence-corrected chi connectivity index (χ3v) is 7.15. The summed E-state index contributed by atoms with van der Waals surface area (Å²) >= 11 is 0. The van der Waals surface area contributed by atoms with Crippen molar-refractivity contribution in [2.24, 2.45) is 0 Å². The normalized spacial score (nSPS) is 16.9. The summed E-state index contributed by atoms with van der Waals surface area (Å²) in [6.45, 7) is 1.97. The average Bonchev–Trinajstić information content (AvgIpc) is 3.79. The lowest BCUT2D eigenvalue weighted by atomic mass is 10.1. The van der Waals surface area contributed by atoms with Gasteiger partial charge in [0.15, 0.2) is 6.61 Å². The summed E-state index contributed by atoms with van der Waals surface area (Å²) in [6.07, 6.45) is -2.42. The largest absolute Gasteiger partial charge is 0.494 e. The molecule has 3 N–H and O–H groups in total. The molecule has 0 unspecified atom stereocenters. The van der Waals surface area contributed by atoms with Gasteiger partial charge in [0.25, 0.3) is 5.91 Å². The summed E-state index contributed by atoms with van der Waals surface area (Å²) in [5.41, 5.74) is 1.28. The predicted molar refractivity (Wildman–Crippen MR) is 158 cm³/mol. The summed E-state index contributed by atoms with van der Waals surface area (Å²) in [6, 6.07) is 13.4. The Morgan fingerprint density at radius 3 is 2.40 bits per heavy atom. The van der Waals surface area contributed by atoms with Crippen LogP contribution in [0.2, 0.25) is 0 Å². The minimum absolute atomic E-state index is 0.0398. The number of carbonyl (C=O) groups excluding carboxylic acids is 2. The first-order valence-electron chi connectivity index (χ1n) is 14.7. The van der Waals surface area contributed by atoms with E-state index in [4.69, 9.17) is 14.2 Å². The zero-order chi connectivity index (χ0) is 31.9. The molecule has 2 amide bonds. The molecule has 1 aliphatic carbocycles. The minimum Gasteiger partial charge on any atom is -0.494 e. The standard InChI is InChI=1S/C30H34F3N7O5/c1-2-43-28(42)40-16-3-15-34-24(41)20-5-9-22(10-6-20)35-25-36-26(38-27(37-25)45-19-30(31,32)33)39-29(13-14-29)21-7-11-23(12-8-21)44-18-4-17-40/h5-12H,2-4,13-19H2,1H3,(H,34,41)(H2,35,36,37,38,39). The second-order valence-electron chi connectivity index (χ2n) is 10.6. The average molecular weight is 630 g/mol. The Morgan fingerprint density at radius 2 is 1.71 bits per heavy atom. The first kappa shape index (κ1) is 31.6. The van der Waals surface area contributed by atoms with Gasteiger partial charge in [0, 0.05) is 30.9 Å². The number of hydrogen-bond donors (Lipinski definition) is 3. The van der Waals surface area contributed by atoms with Crippen LogP contribution >= 0.6 is 0 Å². The molecule has 0 saturated heterocycles. The maximum absolute atomic E-state index is 12.9. The van der Waals surface area contributed by atoms with E-state index >= 15 is 0 Å². The Morgan fingerprint density at radius 1 is 1.00 bits per heavy atom. The van der Waals surface area contributed by atoms with Crippen LogP contribution in [0, 0.1) is 0 Å². The van der Waals surface area contributed by atoms with Gasteiger partial charge in [-0.2, -0.15) is 28.1 Å². The molecule has 1 aromatic heterocycles. The van der Waals surface area contributed by atoms with Crippen LogP contribution in [0.5, 0.6) is 11.8 Å². The van der Waals surface area contributed by atoms with Crippen molar-refractivity contribution in [2.45, 2.75) is 44.3 Å². The molecule has 8 rings (SSSR count). The molecule has 240 valence electrons. The Balaban J connectivity index is 1.39. The lowest BCUT2D eigenvalue weighted by molar-refractivity contribution is -0.154. The lowest BCUT2D eigenvalue weighted by Gasteiger charge is -2.22. The van der Waals surface area contributed by atoms with Crippen LogP contribution in [-0.4, -0.2) is 77.5 Å². The fraction of sp³-hybridized carbons (Fsp3) is 0.433.